The third-order valence-electron chi connectivity index (χ3n) is 5.18. The number of benzene rings is 1. The van der Waals surface area contributed by atoms with E-state index in [4.69, 9.17) is 0 Å². The van der Waals surface area contributed by atoms with Gasteiger partial charge in [0.2, 0.25) is 11.8 Å². The van der Waals surface area contributed by atoms with Crippen molar-refractivity contribution in [3.8, 4) is 0 Å². The van der Waals surface area contributed by atoms with Crippen LogP contribution < -0.4 is 10.6 Å². The van der Waals surface area contributed by atoms with Crippen molar-refractivity contribution >= 4 is 17.5 Å². The van der Waals surface area contributed by atoms with Gasteiger partial charge in [-0.3, -0.25) is 9.59 Å². The van der Waals surface area contributed by atoms with Crippen LogP contribution in [0.2, 0.25) is 0 Å². The predicted octanol–water partition coefficient (Wildman–Crippen LogP) is 2.78. The Hall–Kier alpha value is -2.77. The van der Waals surface area contributed by atoms with Gasteiger partial charge >= 0.3 is 0 Å². The molecule has 1 unspecified atom stereocenters. The molecule has 1 aliphatic heterocycles. The Kier molecular flexibility index (Phi) is 4.41. The second-order valence-corrected chi connectivity index (χ2v) is 7.15. The van der Waals surface area contributed by atoms with E-state index in [1.807, 2.05) is 22.8 Å². The van der Waals surface area contributed by atoms with Crippen LogP contribution in [0.4, 0.5) is 14.5 Å². The number of hydrogen-bond donors (Lipinski definition) is 2. The van der Waals surface area contributed by atoms with E-state index in [9.17, 15) is 18.4 Å². The molecule has 6 nitrogen and oxygen atoms in total. The number of nitrogens with zero attached hydrogens (tertiary/aromatic N) is 2. The summed E-state index contributed by atoms with van der Waals surface area (Å²) >= 11 is 0. The average Bonchev–Trinajstić information content (AvgIpc) is 3.20. The molecule has 4 rings (SSSR count). The minimum atomic E-state index is -2.71. The van der Waals surface area contributed by atoms with Gasteiger partial charge in [-0.05, 0) is 18.6 Å². The molecule has 8 heteroatoms. The molecule has 142 valence electrons. The molecule has 1 saturated carbocycles. The molecule has 1 fully saturated rings. The van der Waals surface area contributed by atoms with Gasteiger partial charge in [0.25, 0.3) is 5.91 Å². The van der Waals surface area contributed by atoms with Crippen LogP contribution in [-0.4, -0.2) is 33.8 Å². The number of aryl methyl sites for hydroxylation is 1. The first-order valence-electron chi connectivity index (χ1n) is 9.01. The third kappa shape index (κ3) is 3.56. The smallest absolute Gasteiger partial charge is 0.273 e. The Balaban J connectivity index is 1.40. The summed E-state index contributed by atoms with van der Waals surface area (Å²) in [5, 5.41) is 5.59. The Morgan fingerprint density at radius 3 is 2.67 bits per heavy atom. The molecule has 0 saturated heterocycles. The molecule has 1 aromatic carbocycles. The van der Waals surface area contributed by atoms with E-state index >= 15 is 0 Å². The Morgan fingerprint density at radius 2 is 1.96 bits per heavy atom. The molecule has 2 aromatic rings. The molecule has 2 heterocycles. The van der Waals surface area contributed by atoms with Crippen LogP contribution in [0.1, 0.15) is 41.6 Å². The van der Waals surface area contributed by atoms with Gasteiger partial charge < -0.3 is 15.2 Å². The van der Waals surface area contributed by atoms with Gasteiger partial charge in [0.05, 0.1) is 12.2 Å². The highest BCUT2D eigenvalue weighted by molar-refractivity contribution is 6.03. The van der Waals surface area contributed by atoms with Gasteiger partial charge in [0, 0.05) is 37.4 Å². The molecule has 0 radical (unpaired) electrons. The number of carbonyl (C=O) groups is 2. The SMILES string of the molecule is O=C(Nc1ccccc1)c1cnc2n1C(CNC(=O)C1CC(F)(F)C1)CC2. The van der Waals surface area contributed by atoms with Crippen molar-refractivity contribution in [3.05, 3.63) is 48.0 Å². The lowest BCUT2D eigenvalue weighted by Crippen LogP contribution is -2.46. The number of para-hydroxylation sites is 1. The Labute approximate surface area is 155 Å². The number of imidazole rings is 1. The number of anilines is 1. The standard InChI is InChI=1S/C19H20F2N4O2/c20-19(21)8-12(9-19)17(26)23-10-14-6-7-16-22-11-15(25(14)16)18(27)24-13-4-2-1-3-5-13/h1-5,11-12,14H,6-10H2,(H,23,26)(H,24,27). The summed E-state index contributed by atoms with van der Waals surface area (Å²) in [4.78, 5) is 29.0. The number of aromatic nitrogens is 2. The monoisotopic (exact) mass is 374 g/mol. The normalized spacial score (nSPS) is 20.6. The van der Waals surface area contributed by atoms with Gasteiger partial charge in [-0.25, -0.2) is 13.8 Å². The maximum Gasteiger partial charge on any atom is 0.273 e. The molecular formula is C19H20F2N4O2. The first-order valence-corrected chi connectivity index (χ1v) is 9.01. The van der Waals surface area contributed by atoms with Gasteiger partial charge in [-0.15, -0.1) is 0 Å². The fourth-order valence-electron chi connectivity index (χ4n) is 3.70. The van der Waals surface area contributed by atoms with Crippen molar-refractivity contribution in [1.29, 1.82) is 0 Å². The van der Waals surface area contributed by atoms with Gasteiger partial charge in [0.15, 0.2) is 0 Å². The van der Waals surface area contributed by atoms with E-state index in [0.29, 0.717) is 24.3 Å². The van der Waals surface area contributed by atoms with E-state index in [2.05, 4.69) is 15.6 Å². The zero-order valence-corrected chi connectivity index (χ0v) is 14.6. The van der Waals surface area contributed by atoms with Crippen molar-refractivity contribution in [3.63, 3.8) is 0 Å². The lowest BCUT2D eigenvalue weighted by Gasteiger charge is -2.34. The second kappa shape index (κ2) is 6.75. The third-order valence-corrected chi connectivity index (χ3v) is 5.18. The molecule has 2 aliphatic rings. The fourth-order valence-corrected chi connectivity index (χ4v) is 3.70. The fraction of sp³-hybridized carbons (Fsp3) is 0.421. The quantitative estimate of drug-likeness (QED) is 0.845. The first-order chi connectivity index (χ1) is 12.9. The van der Waals surface area contributed by atoms with Crippen LogP contribution in [0.3, 0.4) is 0 Å². The summed E-state index contributed by atoms with van der Waals surface area (Å²) in [6.45, 7) is 0.301. The highest BCUT2D eigenvalue weighted by Gasteiger charge is 2.48. The minimum absolute atomic E-state index is 0.108. The summed E-state index contributed by atoms with van der Waals surface area (Å²) in [5.41, 5.74) is 1.12. The van der Waals surface area contributed by atoms with E-state index in [-0.39, 0.29) is 30.7 Å². The Bertz CT molecular complexity index is 858. The highest BCUT2D eigenvalue weighted by Crippen LogP contribution is 2.42. The number of carbonyl (C=O) groups excluding carboxylic acids is 2. The van der Waals surface area contributed by atoms with E-state index in [1.54, 1.807) is 12.1 Å². The number of nitrogens with one attached hydrogen (secondary N) is 2. The number of rotatable bonds is 5. The van der Waals surface area contributed by atoms with E-state index in [0.717, 1.165) is 12.2 Å². The van der Waals surface area contributed by atoms with Crippen LogP contribution in [0.5, 0.6) is 0 Å². The van der Waals surface area contributed by atoms with Gasteiger partial charge in [-0.2, -0.15) is 0 Å². The molecule has 2 amide bonds. The summed E-state index contributed by atoms with van der Waals surface area (Å²) < 4.78 is 27.7. The van der Waals surface area contributed by atoms with Crippen molar-refractivity contribution in [1.82, 2.24) is 14.9 Å². The highest BCUT2D eigenvalue weighted by atomic mass is 19.3. The van der Waals surface area contributed by atoms with Crippen molar-refractivity contribution < 1.29 is 18.4 Å². The van der Waals surface area contributed by atoms with Gasteiger partial charge in [-0.1, -0.05) is 18.2 Å². The van der Waals surface area contributed by atoms with E-state index < -0.39 is 11.8 Å². The molecule has 27 heavy (non-hydrogen) atoms. The second-order valence-electron chi connectivity index (χ2n) is 7.15. The van der Waals surface area contributed by atoms with Crippen LogP contribution in [0, 0.1) is 5.92 Å². The Morgan fingerprint density at radius 1 is 1.22 bits per heavy atom. The number of halogens is 2. The molecule has 1 atom stereocenters. The minimum Gasteiger partial charge on any atom is -0.354 e. The van der Waals surface area contributed by atoms with Crippen molar-refractivity contribution in [2.24, 2.45) is 5.92 Å². The zero-order chi connectivity index (χ0) is 19.0. The van der Waals surface area contributed by atoms with Crippen LogP contribution in [-0.2, 0) is 11.2 Å². The zero-order valence-electron chi connectivity index (χ0n) is 14.6. The molecule has 0 spiro atoms. The summed E-state index contributed by atoms with van der Waals surface area (Å²) in [6, 6.07) is 9.01. The number of alkyl halides is 2. The van der Waals surface area contributed by atoms with Crippen LogP contribution >= 0.6 is 0 Å². The van der Waals surface area contributed by atoms with Crippen molar-refractivity contribution in [2.75, 3.05) is 11.9 Å². The van der Waals surface area contributed by atoms with Crippen LogP contribution in [0.15, 0.2) is 36.5 Å². The summed E-state index contributed by atoms with van der Waals surface area (Å²) in [5.74, 6) is -3.15. The number of fused-ring (bicyclic) bond motifs is 1. The molecule has 2 N–H and O–H groups in total. The van der Waals surface area contributed by atoms with Crippen LogP contribution in [0.25, 0.3) is 0 Å². The number of hydrogen-bond acceptors (Lipinski definition) is 3. The maximum atomic E-state index is 12.9. The predicted molar refractivity (Wildman–Crippen MR) is 94.7 cm³/mol. The average molecular weight is 374 g/mol. The molecule has 1 aliphatic carbocycles. The largest absolute Gasteiger partial charge is 0.354 e. The van der Waals surface area contributed by atoms with Crippen molar-refractivity contribution in [2.45, 2.75) is 37.6 Å². The van der Waals surface area contributed by atoms with Gasteiger partial charge in [0.1, 0.15) is 11.5 Å². The molecule has 0 bridgehead atoms. The van der Waals surface area contributed by atoms with E-state index in [1.165, 1.54) is 6.20 Å². The summed E-state index contributed by atoms with van der Waals surface area (Å²) in [7, 11) is 0. The summed E-state index contributed by atoms with van der Waals surface area (Å²) in [6.07, 6.45) is 2.22. The first kappa shape index (κ1) is 17.6. The number of amides is 2. The lowest BCUT2D eigenvalue weighted by atomic mass is 9.81. The molecule has 1 aromatic heterocycles. The molecular weight excluding hydrogens is 354 g/mol. The topological polar surface area (TPSA) is 76.0 Å². The maximum absolute atomic E-state index is 12.9. The lowest BCUT2D eigenvalue weighted by molar-refractivity contribution is -0.150.